The Balaban J connectivity index is 1.83. The molecule has 0 radical (unpaired) electrons. The molecule has 2 aromatic carbocycles. The molecule has 0 unspecified atom stereocenters. The molecule has 1 N–H and O–H groups in total. The normalized spacial score (nSPS) is 10.8. The van der Waals surface area contributed by atoms with Crippen LogP contribution in [-0.2, 0) is 11.2 Å². The molecule has 0 aromatic heterocycles. The second kappa shape index (κ2) is 8.40. The minimum absolute atomic E-state index is 0.290. The fourth-order valence-electron chi connectivity index (χ4n) is 2.08. The van der Waals surface area contributed by atoms with Gasteiger partial charge in [0.2, 0.25) is 0 Å². The van der Waals surface area contributed by atoms with E-state index in [9.17, 15) is 4.79 Å². The topological polar surface area (TPSA) is 70.3 Å². The fraction of sp³-hybridized carbons (Fsp3) is 0.158. The number of carboxylic acid groups (broad SMARTS) is 1. The van der Waals surface area contributed by atoms with Crippen LogP contribution in [-0.4, -0.2) is 17.7 Å². The van der Waals surface area contributed by atoms with E-state index in [1.54, 1.807) is 30.3 Å². The van der Waals surface area contributed by atoms with Gasteiger partial charge in [-0.2, -0.15) is 5.26 Å². The minimum atomic E-state index is -1.23. The zero-order chi connectivity index (χ0) is 16.5. The molecule has 0 aliphatic heterocycles. The van der Waals surface area contributed by atoms with E-state index in [1.165, 1.54) is 11.6 Å². The van der Waals surface area contributed by atoms with Crippen molar-refractivity contribution in [2.24, 2.45) is 0 Å². The SMILES string of the molecule is N#CC(=Cc1ccc(OCCCc2ccccc2)cc1)C(=O)O. The van der Waals surface area contributed by atoms with E-state index in [1.807, 2.05) is 18.2 Å². The molecular formula is C19H17NO3. The highest BCUT2D eigenvalue weighted by atomic mass is 16.5. The van der Waals surface area contributed by atoms with E-state index in [0.29, 0.717) is 12.2 Å². The Bertz CT molecular complexity index is 713. The summed E-state index contributed by atoms with van der Waals surface area (Å²) in [6.07, 6.45) is 3.22. The molecule has 116 valence electrons. The first-order valence-corrected chi connectivity index (χ1v) is 7.31. The minimum Gasteiger partial charge on any atom is -0.494 e. The molecule has 0 heterocycles. The maximum absolute atomic E-state index is 10.8. The first-order chi connectivity index (χ1) is 11.2. The van der Waals surface area contributed by atoms with E-state index in [0.717, 1.165) is 18.6 Å². The third-order valence-electron chi connectivity index (χ3n) is 3.26. The number of aryl methyl sites for hydroxylation is 1. The van der Waals surface area contributed by atoms with Gasteiger partial charge in [0, 0.05) is 0 Å². The van der Waals surface area contributed by atoms with Crippen LogP contribution >= 0.6 is 0 Å². The maximum Gasteiger partial charge on any atom is 0.346 e. The lowest BCUT2D eigenvalue weighted by molar-refractivity contribution is -0.132. The van der Waals surface area contributed by atoms with Crippen LogP contribution in [0.4, 0.5) is 0 Å². The van der Waals surface area contributed by atoms with Crippen molar-refractivity contribution >= 4 is 12.0 Å². The Morgan fingerprint density at radius 2 is 1.83 bits per heavy atom. The molecule has 23 heavy (non-hydrogen) atoms. The summed E-state index contributed by atoms with van der Waals surface area (Å²) in [6, 6.07) is 18.9. The number of rotatable bonds is 7. The molecule has 0 amide bonds. The number of hydrogen-bond donors (Lipinski definition) is 1. The number of carboxylic acids is 1. The van der Waals surface area contributed by atoms with Crippen LogP contribution in [0.3, 0.4) is 0 Å². The van der Waals surface area contributed by atoms with Gasteiger partial charge in [0.1, 0.15) is 17.4 Å². The van der Waals surface area contributed by atoms with Gasteiger partial charge in [0.15, 0.2) is 0 Å². The first-order valence-electron chi connectivity index (χ1n) is 7.31. The summed E-state index contributed by atoms with van der Waals surface area (Å²) in [6.45, 7) is 0.614. The molecule has 0 bridgehead atoms. The Morgan fingerprint density at radius 1 is 1.13 bits per heavy atom. The summed E-state index contributed by atoms with van der Waals surface area (Å²) in [5, 5.41) is 17.5. The Labute approximate surface area is 135 Å². The van der Waals surface area contributed by atoms with Crippen molar-refractivity contribution in [3.63, 3.8) is 0 Å². The smallest absolute Gasteiger partial charge is 0.346 e. The predicted octanol–water partition coefficient (Wildman–Crippen LogP) is 3.69. The molecule has 2 rings (SSSR count). The molecule has 0 saturated heterocycles. The highest BCUT2D eigenvalue weighted by Crippen LogP contribution is 2.15. The van der Waals surface area contributed by atoms with Gasteiger partial charge in [-0.15, -0.1) is 0 Å². The number of nitrogens with zero attached hydrogens (tertiary/aromatic N) is 1. The maximum atomic E-state index is 10.8. The second-order valence-electron chi connectivity index (χ2n) is 4.98. The zero-order valence-electron chi connectivity index (χ0n) is 12.6. The molecule has 0 aliphatic carbocycles. The number of carbonyl (C=O) groups is 1. The van der Waals surface area contributed by atoms with E-state index in [-0.39, 0.29) is 5.57 Å². The van der Waals surface area contributed by atoms with Gasteiger partial charge in [0.05, 0.1) is 6.61 Å². The summed E-state index contributed by atoms with van der Waals surface area (Å²) < 4.78 is 5.66. The number of aliphatic carboxylic acids is 1. The number of ether oxygens (including phenoxy) is 1. The van der Waals surface area contributed by atoms with Crippen LogP contribution in [0, 0.1) is 11.3 Å². The largest absolute Gasteiger partial charge is 0.494 e. The van der Waals surface area contributed by atoms with Crippen LogP contribution in [0.5, 0.6) is 5.75 Å². The van der Waals surface area contributed by atoms with Crippen molar-refractivity contribution in [2.45, 2.75) is 12.8 Å². The van der Waals surface area contributed by atoms with Crippen molar-refractivity contribution in [1.82, 2.24) is 0 Å². The molecule has 4 nitrogen and oxygen atoms in total. The molecule has 0 saturated carbocycles. The van der Waals surface area contributed by atoms with Crippen LogP contribution in [0.25, 0.3) is 6.08 Å². The lowest BCUT2D eigenvalue weighted by Gasteiger charge is -2.06. The van der Waals surface area contributed by atoms with Gasteiger partial charge >= 0.3 is 5.97 Å². The second-order valence-corrected chi connectivity index (χ2v) is 4.98. The molecule has 0 aliphatic rings. The van der Waals surface area contributed by atoms with Crippen molar-refractivity contribution in [3.05, 3.63) is 71.3 Å². The van der Waals surface area contributed by atoms with Crippen LogP contribution < -0.4 is 4.74 Å². The third-order valence-corrected chi connectivity index (χ3v) is 3.26. The monoisotopic (exact) mass is 307 g/mol. The Morgan fingerprint density at radius 3 is 2.43 bits per heavy atom. The van der Waals surface area contributed by atoms with Crippen LogP contribution in [0.1, 0.15) is 17.5 Å². The summed E-state index contributed by atoms with van der Waals surface area (Å²) in [4.78, 5) is 10.8. The van der Waals surface area contributed by atoms with Crippen molar-refractivity contribution in [2.75, 3.05) is 6.61 Å². The zero-order valence-corrected chi connectivity index (χ0v) is 12.6. The van der Waals surface area contributed by atoms with Crippen LogP contribution in [0.15, 0.2) is 60.2 Å². The molecular weight excluding hydrogens is 290 g/mol. The Hall–Kier alpha value is -3.06. The fourth-order valence-corrected chi connectivity index (χ4v) is 2.08. The van der Waals surface area contributed by atoms with Gasteiger partial charge in [-0.1, -0.05) is 42.5 Å². The van der Waals surface area contributed by atoms with E-state index < -0.39 is 5.97 Å². The van der Waals surface area contributed by atoms with Gasteiger partial charge in [0.25, 0.3) is 0 Å². The molecule has 2 aromatic rings. The standard InChI is InChI=1S/C19H17NO3/c20-14-17(19(21)22)13-16-8-10-18(11-9-16)23-12-4-7-15-5-2-1-3-6-15/h1-3,5-6,8-11,13H,4,7,12H2,(H,21,22). The van der Waals surface area contributed by atoms with Gasteiger partial charge in [-0.3, -0.25) is 0 Å². The average molecular weight is 307 g/mol. The number of hydrogen-bond acceptors (Lipinski definition) is 3. The van der Waals surface area contributed by atoms with Crippen molar-refractivity contribution < 1.29 is 14.6 Å². The van der Waals surface area contributed by atoms with Gasteiger partial charge < -0.3 is 9.84 Å². The summed E-state index contributed by atoms with van der Waals surface area (Å²) in [5.41, 5.74) is 1.65. The molecule has 0 spiro atoms. The van der Waals surface area contributed by atoms with E-state index >= 15 is 0 Å². The molecule has 0 fully saturated rings. The van der Waals surface area contributed by atoms with Crippen molar-refractivity contribution in [1.29, 1.82) is 5.26 Å². The summed E-state index contributed by atoms with van der Waals surface area (Å²) in [7, 11) is 0. The predicted molar refractivity (Wildman–Crippen MR) is 87.9 cm³/mol. The lowest BCUT2D eigenvalue weighted by Crippen LogP contribution is -1.99. The van der Waals surface area contributed by atoms with Crippen LogP contribution in [0.2, 0.25) is 0 Å². The Kier molecular flexibility index (Phi) is 5.96. The number of nitriles is 1. The molecule has 0 atom stereocenters. The highest BCUT2D eigenvalue weighted by Gasteiger charge is 2.05. The van der Waals surface area contributed by atoms with Gasteiger partial charge in [-0.05, 0) is 42.2 Å². The van der Waals surface area contributed by atoms with E-state index in [4.69, 9.17) is 15.1 Å². The highest BCUT2D eigenvalue weighted by molar-refractivity contribution is 5.96. The summed E-state index contributed by atoms with van der Waals surface area (Å²) >= 11 is 0. The van der Waals surface area contributed by atoms with Crippen molar-refractivity contribution in [3.8, 4) is 11.8 Å². The third kappa shape index (κ3) is 5.33. The number of benzene rings is 2. The summed E-state index contributed by atoms with van der Waals surface area (Å²) in [5.74, 6) is -0.502. The van der Waals surface area contributed by atoms with E-state index in [2.05, 4.69) is 12.1 Å². The molecule has 4 heteroatoms. The average Bonchev–Trinajstić information content (AvgIpc) is 2.58. The lowest BCUT2D eigenvalue weighted by atomic mass is 10.1. The van der Waals surface area contributed by atoms with Gasteiger partial charge in [-0.25, -0.2) is 4.79 Å². The first kappa shape index (κ1) is 16.3. The quantitative estimate of drug-likeness (QED) is 0.481.